The number of carbonyl (C=O) groups excluding carboxylic acids is 2. The van der Waals surface area contributed by atoms with Crippen molar-refractivity contribution in [1.82, 2.24) is 19.7 Å². The van der Waals surface area contributed by atoms with Crippen LogP contribution >= 0.6 is 0 Å². The first kappa shape index (κ1) is 23.3. The molecule has 0 aliphatic carbocycles. The Labute approximate surface area is 204 Å². The molecule has 2 aromatic heterocycles. The minimum Gasteiger partial charge on any atom is -0.476 e. The van der Waals surface area contributed by atoms with Crippen molar-refractivity contribution in [2.24, 2.45) is 0 Å². The molecule has 1 atom stereocenters. The summed E-state index contributed by atoms with van der Waals surface area (Å²) in [5, 5.41) is 5.22. The maximum absolute atomic E-state index is 14.1. The highest BCUT2D eigenvalue weighted by Gasteiger charge is 2.37. The summed E-state index contributed by atoms with van der Waals surface area (Å²) in [6.45, 7) is 10.4. The van der Waals surface area contributed by atoms with E-state index in [1.54, 1.807) is 22.1 Å². The van der Waals surface area contributed by atoms with Crippen molar-refractivity contribution in [3.05, 3.63) is 47.8 Å². The van der Waals surface area contributed by atoms with Gasteiger partial charge in [0.25, 0.3) is 11.8 Å². The largest absolute Gasteiger partial charge is 0.476 e. The molecule has 0 N–H and O–H groups in total. The number of morpholine rings is 1. The van der Waals surface area contributed by atoms with Gasteiger partial charge in [-0.3, -0.25) is 9.59 Å². The monoisotopic (exact) mass is 477 g/mol. The van der Waals surface area contributed by atoms with Crippen molar-refractivity contribution in [2.45, 2.75) is 45.8 Å². The number of hydrogen-bond acceptors (Lipinski definition) is 6. The predicted molar refractivity (Wildman–Crippen MR) is 132 cm³/mol. The second kappa shape index (κ2) is 9.30. The van der Waals surface area contributed by atoms with E-state index in [9.17, 15) is 9.59 Å². The van der Waals surface area contributed by atoms with Crippen LogP contribution in [0.2, 0.25) is 0 Å². The Bertz CT molecular complexity index is 1260. The number of para-hydroxylation sites is 2. The third-order valence-corrected chi connectivity index (χ3v) is 6.51. The van der Waals surface area contributed by atoms with Gasteiger partial charge in [-0.25, -0.2) is 9.67 Å². The normalized spacial score (nSPS) is 18.2. The summed E-state index contributed by atoms with van der Waals surface area (Å²) < 4.78 is 13.3. The average molecular weight is 478 g/mol. The van der Waals surface area contributed by atoms with E-state index in [1.165, 1.54) is 0 Å². The molecule has 9 nitrogen and oxygen atoms in total. The molecule has 0 radical (unpaired) electrons. The highest BCUT2D eigenvalue weighted by atomic mass is 16.5. The van der Waals surface area contributed by atoms with Crippen LogP contribution in [0.1, 0.15) is 55.7 Å². The summed E-state index contributed by atoms with van der Waals surface area (Å²) in [6, 6.07) is 9.32. The van der Waals surface area contributed by atoms with Gasteiger partial charge in [0.2, 0.25) is 0 Å². The number of aromatic nitrogens is 3. The second-order valence-corrected chi connectivity index (χ2v) is 9.60. The number of carbonyl (C=O) groups is 2. The van der Waals surface area contributed by atoms with Crippen LogP contribution in [0.15, 0.2) is 36.5 Å². The van der Waals surface area contributed by atoms with Crippen LogP contribution in [0.25, 0.3) is 11.0 Å². The van der Waals surface area contributed by atoms with Crippen LogP contribution in [0.3, 0.4) is 0 Å². The summed E-state index contributed by atoms with van der Waals surface area (Å²) >= 11 is 0. The molecule has 2 amide bonds. The van der Waals surface area contributed by atoms with Crippen molar-refractivity contribution in [1.29, 1.82) is 0 Å². The van der Waals surface area contributed by atoms with Crippen molar-refractivity contribution < 1.29 is 19.1 Å². The van der Waals surface area contributed by atoms with E-state index in [4.69, 9.17) is 14.5 Å². The van der Waals surface area contributed by atoms with Crippen LogP contribution in [0.4, 0.5) is 5.69 Å². The number of hydrogen-bond donors (Lipinski definition) is 0. The Morgan fingerprint density at radius 1 is 1.09 bits per heavy atom. The molecule has 1 aromatic carbocycles. The van der Waals surface area contributed by atoms with E-state index in [2.05, 4.69) is 18.9 Å². The average Bonchev–Trinajstić information content (AvgIpc) is 3.31. The van der Waals surface area contributed by atoms with Gasteiger partial charge in [-0.15, -0.1) is 0 Å². The van der Waals surface area contributed by atoms with Crippen LogP contribution in [-0.2, 0) is 9.53 Å². The summed E-state index contributed by atoms with van der Waals surface area (Å²) in [7, 11) is 0. The first-order valence-electron chi connectivity index (χ1n) is 12.2. The number of pyridine rings is 1. The lowest BCUT2D eigenvalue weighted by atomic mass is 10.0. The molecule has 35 heavy (non-hydrogen) atoms. The highest BCUT2D eigenvalue weighted by molar-refractivity contribution is 6.14. The first-order valence-corrected chi connectivity index (χ1v) is 12.2. The summed E-state index contributed by atoms with van der Waals surface area (Å²) in [6.07, 6.45) is 0.926. The number of fused-ring (bicyclic) bond motifs is 2. The molecule has 1 unspecified atom stereocenters. The molecule has 2 aliphatic rings. The van der Waals surface area contributed by atoms with Gasteiger partial charge in [0.15, 0.2) is 11.8 Å². The van der Waals surface area contributed by atoms with Gasteiger partial charge >= 0.3 is 0 Å². The number of anilines is 1. The lowest BCUT2D eigenvalue weighted by Crippen LogP contribution is -2.54. The fourth-order valence-corrected chi connectivity index (χ4v) is 4.58. The zero-order chi connectivity index (χ0) is 24.7. The van der Waals surface area contributed by atoms with Crippen LogP contribution < -0.4 is 9.64 Å². The van der Waals surface area contributed by atoms with Gasteiger partial charge in [-0.1, -0.05) is 26.0 Å². The molecule has 1 saturated heterocycles. The van der Waals surface area contributed by atoms with Gasteiger partial charge in [0.1, 0.15) is 5.75 Å². The van der Waals surface area contributed by atoms with Gasteiger partial charge in [0.05, 0.1) is 42.6 Å². The Balaban J connectivity index is 1.56. The molecular weight excluding hydrogens is 446 g/mol. The van der Waals surface area contributed by atoms with Gasteiger partial charge in [0, 0.05) is 24.8 Å². The predicted octanol–water partition coefficient (Wildman–Crippen LogP) is 3.40. The Morgan fingerprint density at radius 2 is 1.83 bits per heavy atom. The zero-order valence-electron chi connectivity index (χ0n) is 20.6. The number of benzene rings is 1. The Hall–Kier alpha value is -3.46. The van der Waals surface area contributed by atoms with Crippen molar-refractivity contribution in [3.63, 3.8) is 0 Å². The number of nitrogens with zero attached hydrogens (tertiary/aromatic N) is 5. The van der Waals surface area contributed by atoms with Crippen LogP contribution in [0, 0.1) is 0 Å². The van der Waals surface area contributed by atoms with E-state index in [-0.39, 0.29) is 30.3 Å². The van der Waals surface area contributed by atoms with Gasteiger partial charge in [-0.05, 0) is 38.0 Å². The molecule has 9 heteroatoms. The molecule has 3 aromatic rings. The first-order chi connectivity index (χ1) is 16.8. The molecule has 184 valence electrons. The van der Waals surface area contributed by atoms with Crippen molar-refractivity contribution in [3.8, 4) is 5.75 Å². The van der Waals surface area contributed by atoms with Crippen molar-refractivity contribution in [2.75, 3.05) is 37.7 Å². The van der Waals surface area contributed by atoms with E-state index < -0.39 is 6.10 Å². The fourth-order valence-electron chi connectivity index (χ4n) is 4.58. The quantitative estimate of drug-likeness (QED) is 0.572. The lowest BCUT2D eigenvalue weighted by molar-refractivity contribution is -0.142. The second-order valence-electron chi connectivity index (χ2n) is 9.60. The van der Waals surface area contributed by atoms with E-state index in [0.29, 0.717) is 54.3 Å². The summed E-state index contributed by atoms with van der Waals surface area (Å²) in [5.74, 6) is 0.328. The SMILES string of the molecule is CC(C)c1cc(C(=O)N2CC(C(=O)N3CCOCC3)Oc3ccccc32)c2cnn(C(C)C)c2n1. The maximum Gasteiger partial charge on any atom is 0.265 e. The lowest BCUT2D eigenvalue weighted by Gasteiger charge is -2.37. The minimum absolute atomic E-state index is 0.102. The van der Waals surface area contributed by atoms with E-state index in [0.717, 1.165) is 5.69 Å². The molecule has 0 bridgehead atoms. The molecule has 0 saturated carbocycles. The van der Waals surface area contributed by atoms with E-state index >= 15 is 0 Å². The molecule has 4 heterocycles. The Kier molecular flexibility index (Phi) is 6.19. The van der Waals surface area contributed by atoms with Crippen LogP contribution in [-0.4, -0.2) is 70.4 Å². The summed E-state index contributed by atoms with van der Waals surface area (Å²) in [5.41, 5.74) is 2.69. The van der Waals surface area contributed by atoms with Gasteiger partial charge in [-0.2, -0.15) is 5.10 Å². The maximum atomic E-state index is 14.1. The highest BCUT2D eigenvalue weighted by Crippen LogP contribution is 2.36. The number of rotatable bonds is 4. The van der Waals surface area contributed by atoms with Crippen molar-refractivity contribution >= 4 is 28.5 Å². The topological polar surface area (TPSA) is 89.8 Å². The third kappa shape index (κ3) is 4.25. The standard InChI is InChI=1S/C26H31N5O4/c1-16(2)20-13-18(19-14-27-31(17(3)4)24(19)28-20)25(32)30-15-23(26(33)29-9-11-34-12-10-29)35-22-8-6-5-7-21(22)30/h5-8,13-14,16-17,23H,9-12,15H2,1-4H3. The van der Waals surface area contributed by atoms with Gasteiger partial charge < -0.3 is 19.3 Å². The molecule has 2 aliphatic heterocycles. The molecular formula is C26H31N5O4. The fraction of sp³-hybridized carbons (Fsp3) is 0.462. The smallest absolute Gasteiger partial charge is 0.265 e. The van der Waals surface area contributed by atoms with E-state index in [1.807, 2.05) is 42.8 Å². The number of ether oxygens (including phenoxy) is 2. The molecule has 1 fully saturated rings. The zero-order valence-corrected chi connectivity index (χ0v) is 20.6. The molecule has 5 rings (SSSR count). The summed E-state index contributed by atoms with van der Waals surface area (Å²) in [4.78, 5) is 35.7. The molecule has 0 spiro atoms. The van der Waals surface area contributed by atoms with Crippen LogP contribution in [0.5, 0.6) is 5.75 Å². The third-order valence-electron chi connectivity index (χ3n) is 6.51. The number of amides is 2. The minimum atomic E-state index is -0.785. The Morgan fingerprint density at radius 3 is 2.54 bits per heavy atom.